The van der Waals surface area contributed by atoms with Crippen molar-refractivity contribution in [1.29, 1.82) is 0 Å². The molecular formula is C25H24ClN3O2. The van der Waals surface area contributed by atoms with Gasteiger partial charge in [-0.25, -0.2) is 4.98 Å². The summed E-state index contributed by atoms with van der Waals surface area (Å²) in [5.41, 5.74) is 3.89. The fourth-order valence-corrected chi connectivity index (χ4v) is 4.54. The van der Waals surface area contributed by atoms with E-state index < -0.39 is 0 Å². The molecule has 3 heterocycles. The lowest BCUT2D eigenvalue weighted by atomic mass is 9.97. The number of aryl methyl sites for hydroxylation is 1. The van der Waals surface area contributed by atoms with Gasteiger partial charge in [-0.1, -0.05) is 35.9 Å². The van der Waals surface area contributed by atoms with Gasteiger partial charge in [-0.2, -0.15) is 0 Å². The number of piperidine rings is 1. The minimum absolute atomic E-state index is 0.0317. The first-order chi connectivity index (χ1) is 15.0. The maximum Gasteiger partial charge on any atom is 0.270 e. The second-order valence-electron chi connectivity index (χ2n) is 8.34. The van der Waals surface area contributed by atoms with E-state index in [0.717, 1.165) is 41.6 Å². The van der Waals surface area contributed by atoms with Gasteiger partial charge >= 0.3 is 0 Å². The molecule has 0 saturated carbocycles. The van der Waals surface area contributed by atoms with Gasteiger partial charge in [-0.3, -0.25) is 4.79 Å². The van der Waals surface area contributed by atoms with Crippen molar-refractivity contribution in [2.75, 3.05) is 13.1 Å². The number of nitrogens with zero attached hydrogens (tertiary/aromatic N) is 2. The number of rotatable bonds is 4. The van der Waals surface area contributed by atoms with Crippen LogP contribution in [-0.2, 0) is 6.42 Å². The Labute approximate surface area is 186 Å². The number of likely N-dealkylation sites (tertiary alicyclic amines) is 1. The van der Waals surface area contributed by atoms with E-state index in [4.69, 9.17) is 16.0 Å². The second-order valence-corrected chi connectivity index (χ2v) is 8.77. The quantitative estimate of drug-likeness (QED) is 0.447. The molecular weight excluding hydrogens is 410 g/mol. The molecule has 5 nitrogen and oxygen atoms in total. The predicted molar refractivity (Wildman–Crippen MR) is 122 cm³/mol. The van der Waals surface area contributed by atoms with Crippen molar-refractivity contribution in [2.24, 2.45) is 0 Å². The summed E-state index contributed by atoms with van der Waals surface area (Å²) in [7, 11) is 0. The maximum atomic E-state index is 13.1. The molecule has 1 atom stereocenters. The Bertz CT molecular complexity index is 1240. The number of fused-ring (bicyclic) bond motifs is 1. The number of oxazole rings is 1. The van der Waals surface area contributed by atoms with Gasteiger partial charge in [0.05, 0.1) is 12.1 Å². The highest BCUT2D eigenvalue weighted by molar-refractivity contribution is 6.30. The number of carbonyl (C=O) groups excluding carboxylic acids is 1. The first kappa shape index (κ1) is 19.9. The molecule has 1 aliphatic rings. The van der Waals surface area contributed by atoms with E-state index in [2.05, 4.69) is 22.1 Å². The zero-order chi connectivity index (χ0) is 21.4. The van der Waals surface area contributed by atoms with Crippen molar-refractivity contribution in [3.63, 3.8) is 0 Å². The number of hydrogen-bond donors (Lipinski definition) is 1. The van der Waals surface area contributed by atoms with E-state index >= 15 is 0 Å². The number of halogens is 1. The molecule has 1 amide bonds. The molecule has 1 saturated heterocycles. The highest BCUT2D eigenvalue weighted by atomic mass is 35.5. The fraction of sp³-hybridized carbons (Fsp3) is 0.280. The topological polar surface area (TPSA) is 62.1 Å². The molecule has 1 N–H and O–H groups in total. The van der Waals surface area contributed by atoms with Gasteiger partial charge in [0.25, 0.3) is 5.91 Å². The highest BCUT2D eigenvalue weighted by Gasteiger charge is 2.29. The Balaban J connectivity index is 1.29. The van der Waals surface area contributed by atoms with Gasteiger partial charge in [0.2, 0.25) is 0 Å². The molecule has 1 fully saturated rings. The summed E-state index contributed by atoms with van der Waals surface area (Å²) in [4.78, 5) is 22.9. The predicted octanol–water partition coefficient (Wildman–Crippen LogP) is 5.73. The summed E-state index contributed by atoms with van der Waals surface area (Å²) in [5, 5.41) is 1.77. The fourth-order valence-electron chi connectivity index (χ4n) is 4.33. The van der Waals surface area contributed by atoms with Crippen LogP contribution in [0.5, 0.6) is 0 Å². The summed E-state index contributed by atoms with van der Waals surface area (Å²) in [6, 6.07) is 15.9. The number of aromatic amines is 1. The Hall–Kier alpha value is -3.05. The zero-order valence-corrected chi connectivity index (χ0v) is 18.2. The Morgan fingerprint density at radius 2 is 2.16 bits per heavy atom. The average molecular weight is 434 g/mol. The molecule has 2 aromatic carbocycles. The number of aromatic nitrogens is 2. The van der Waals surface area contributed by atoms with Gasteiger partial charge in [0, 0.05) is 35.4 Å². The lowest BCUT2D eigenvalue weighted by molar-refractivity contribution is 0.0693. The molecule has 0 spiro atoms. The van der Waals surface area contributed by atoms with E-state index in [1.165, 1.54) is 5.56 Å². The van der Waals surface area contributed by atoms with Crippen LogP contribution in [0.15, 0.2) is 59.1 Å². The Morgan fingerprint density at radius 1 is 1.26 bits per heavy atom. The molecule has 1 aliphatic heterocycles. The third-order valence-corrected chi connectivity index (χ3v) is 6.14. The molecule has 158 valence electrons. The lowest BCUT2D eigenvalue weighted by Crippen LogP contribution is -2.39. The number of carbonyl (C=O) groups is 1. The van der Waals surface area contributed by atoms with Crippen LogP contribution in [0.4, 0.5) is 0 Å². The molecule has 0 radical (unpaired) electrons. The van der Waals surface area contributed by atoms with E-state index in [-0.39, 0.29) is 11.8 Å². The van der Waals surface area contributed by atoms with Crippen LogP contribution in [0.3, 0.4) is 0 Å². The molecule has 0 aliphatic carbocycles. The normalized spacial score (nSPS) is 16.7. The molecule has 2 aromatic heterocycles. The summed E-state index contributed by atoms with van der Waals surface area (Å²) in [6.07, 6.45) is 4.34. The van der Waals surface area contributed by atoms with Gasteiger partial charge in [0.1, 0.15) is 11.5 Å². The first-order valence-electron chi connectivity index (χ1n) is 10.6. The van der Waals surface area contributed by atoms with Crippen molar-refractivity contribution in [2.45, 2.75) is 32.1 Å². The van der Waals surface area contributed by atoms with Crippen molar-refractivity contribution >= 4 is 28.4 Å². The Morgan fingerprint density at radius 3 is 3.03 bits per heavy atom. The SMILES string of the molecule is Cc1ccc2cc(C(=O)N3CCCC(c4ncc(Cc5cccc(Cl)c5)o4)C3)[nH]c2c1. The van der Waals surface area contributed by atoms with Gasteiger partial charge < -0.3 is 14.3 Å². The van der Waals surface area contributed by atoms with Crippen molar-refractivity contribution < 1.29 is 9.21 Å². The van der Waals surface area contributed by atoms with Crippen molar-refractivity contribution in [3.05, 3.63) is 88.2 Å². The zero-order valence-electron chi connectivity index (χ0n) is 17.4. The lowest BCUT2D eigenvalue weighted by Gasteiger charge is -2.31. The molecule has 0 bridgehead atoms. The summed E-state index contributed by atoms with van der Waals surface area (Å²) in [5.74, 6) is 1.66. The van der Waals surface area contributed by atoms with Crippen molar-refractivity contribution in [1.82, 2.24) is 14.9 Å². The summed E-state index contributed by atoms with van der Waals surface area (Å²) >= 11 is 6.08. The standard InChI is InChI=1S/C25H24ClN3O2/c1-16-7-8-18-13-23(28-22(18)10-16)25(30)29-9-3-5-19(15-29)24-27-14-21(31-24)12-17-4-2-6-20(26)11-17/h2,4,6-8,10-11,13-14,19,28H,3,5,9,12,15H2,1H3. The van der Waals surface area contributed by atoms with Gasteiger partial charge in [-0.15, -0.1) is 0 Å². The Kier molecular flexibility index (Phi) is 5.28. The maximum absolute atomic E-state index is 13.1. The van der Waals surface area contributed by atoms with Crippen LogP contribution in [0, 0.1) is 6.92 Å². The van der Waals surface area contributed by atoms with E-state index in [1.807, 2.05) is 48.2 Å². The third-order valence-electron chi connectivity index (χ3n) is 5.91. The minimum Gasteiger partial charge on any atom is -0.445 e. The van der Waals surface area contributed by atoms with Crippen LogP contribution < -0.4 is 0 Å². The second kappa shape index (κ2) is 8.23. The molecule has 4 aromatic rings. The average Bonchev–Trinajstić information content (AvgIpc) is 3.40. The van der Waals surface area contributed by atoms with Gasteiger partial charge in [0.15, 0.2) is 5.89 Å². The minimum atomic E-state index is 0.0317. The van der Waals surface area contributed by atoms with Crippen LogP contribution >= 0.6 is 11.6 Å². The number of hydrogen-bond acceptors (Lipinski definition) is 3. The van der Waals surface area contributed by atoms with E-state index in [9.17, 15) is 4.79 Å². The number of nitrogens with one attached hydrogen (secondary N) is 1. The number of amides is 1. The monoisotopic (exact) mass is 433 g/mol. The molecule has 1 unspecified atom stereocenters. The van der Waals surface area contributed by atoms with Crippen LogP contribution in [0.1, 0.15) is 52.0 Å². The largest absolute Gasteiger partial charge is 0.445 e. The highest BCUT2D eigenvalue weighted by Crippen LogP contribution is 2.29. The van der Waals surface area contributed by atoms with Crippen LogP contribution in [0.25, 0.3) is 10.9 Å². The summed E-state index contributed by atoms with van der Waals surface area (Å²) in [6.45, 7) is 3.41. The molecule has 5 rings (SSSR count). The number of H-pyrrole nitrogens is 1. The number of benzene rings is 2. The van der Waals surface area contributed by atoms with Gasteiger partial charge in [-0.05, 0) is 55.2 Å². The first-order valence-corrected chi connectivity index (χ1v) is 11.0. The smallest absolute Gasteiger partial charge is 0.270 e. The van der Waals surface area contributed by atoms with Crippen molar-refractivity contribution in [3.8, 4) is 0 Å². The molecule has 6 heteroatoms. The van der Waals surface area contributed by atoms with Crippen LogP contribution in [0.2, 0.25) is 5.02 Å². The third kappa shape index (κ3) is 4.23. The van der Waals surface area contributed by atoms with E-state index in [0.29, 0.717) is 29.6 Å². The summed E-state index contributed by atoms with van der Waals surface area (Å²) < 4.78 is 6.06. The van der Waals surface area contributed by atoms with Crippen LogP contribution in [-0.4, -0.2) is 33.9 Å². The van der Waals surface area contributed by atoms with E-state index in [1.54, 1.807) is 6.20 Å². The molecule has 31 heavy (non-hydrogen) atoms.